The fraction of sp³-hybridized carbons (Fsp3) is 0.933. The largest absolute Gasteiger partial charge is 0.396 e. The van der Waals surface area contributed by atoms with E-state index in [2.05, 4.69) is 10.6 Å². The molecule has 0 aromatic carbocycles. The summed E-state index contributed by atoms with van der Waals surface area (Å²) in [4.78, 5) is 11.7. The van der Waals surface area contributed by atoms with Crippen molar-refractivity contribution < 1.29 is 9.90 Å². The van der Waals surface area contributed by atoms with Crippen LogP contribution in [0.15, 0.2) is 0 Å². The Morgan fingerprint density at radius 1 is 1.21 bits per heavy atom. The number of hydrogen-bond acceptors (Lipinski definition) is 3. The van der Waals surface area contributed by atoms with Gasteiger partial charge in [0.25, 0.3) is 0 Å². The summed E-state index contributed by atoms with van der Waals surface area (Å²) in [5.74, 6) is 0.0849. The molecule has 112 valence electrons. The number of hydrogen-bond donors (Lipinski definition) is 3. The summed E-state index contributed by atoms with van der Waals surface area (Å²) in [6.07, 6.45) is 6.42. The minimum Gasteiger partial charge on any atom is -0.396 e. The summed E-state index contributed by atoms with van der Waals surface area (Å²) in [5.41, 5.74) is -0.106. The van der Waals surface area contributed by atoms with Crippen LogP contribution in [0.4, 0.5) is 0 Å². The number of rotatable bonds is 6. The average molecular weight is 270 g/mol. The fourth-order valence-corrected chi connectivity index (χ4v) is 2.73. The van der Waals surface area contributed by atoms with Crippen LogP contribution >= 0.6 is 0 Å². The van der Waals surface area contributed by atoms with Crippen LogP contribution in [-0.4, -0.2) is 36.2 Å². The van der Waals surface area contributed by atoms with Crippen molar-refractivity contribution in [2.75, 3.05) is 19.7 Å². The molecule has 3 N–H and O–H groups in total. The Morgan fingerprint density at radius 3 is 2.37 bits per heavy atom. The molecular weight excluding hydrogens is 240 g/mol. The fourth-order valence-electron chi connectivity index (χ4n) is 2.73. The van der Waals surface area contributed by atoms with E-state index in [4.69, 9.17) is 0 Å². The van der Waals surface area contributed by atoms with Crippen LogP contribution in [0.25, 0.3) is 0 Å². The van der Waals surface area contributed by atoms with Crippen molar-refractivity contribution >= 4 is 5.91 Å². The summed E-state index contributed by atoms with van der Waals surface area (Å²) in [5, 5.41) is 15.9. The molecule has 1 aliphatic rings. The molecule has 4 nitrogen and oxygen atoms in total. The van der Waals surface area contributed by atoms with Crippen LogP contribution in [0.3, 0.4) is 0 Å². The lowest BCUT2D eigenvalue weighted by atomic mass is 9.74. The third-order valence-corrected chi connectivity index (χ3v) is 3.79. The van der Waals surface area contributed by atoms with E-state index in [1.165, 1.54) is 19.3 Å². The molecule has 1 saturated carbocycles. The van der Waals surface area contributed by atoms with Gasteiger partial charge in [0.15, 0.2) is 0 Å². The quantitative estimate of drug-likeness (QED) is 0.645. The first-order valence-corrected chi connectivity index (χ1v) is 7.50. The van der Waals surface area contributed by atoms with Crippen LogP contribution in [0.1, 0.15) is 59.3 Å². The lowest BCUT2D eigenvalue weighted by molar-refractivity contribution is -0.122. The molecule has 0 atom stereocenters. The zero-order chi connectivity index (χ0) is 14.4. The molecule has 0 unspecified atom stereocenters. The Morgan fingerprint density at radius 2 is 1.84 bits per heavy atom. The van der Waals surface area contributed by atoms with Crippen molar-refractivity contribution in [2.45, 2.75) is 64.8 Å². The van der Waals surface area contributed by atoms with Crippen LogP contribution in [0, 0.1) is 5.41 Å². The monoisotopic (exact) mass is 270 g/mol. The topological polar surface area (TPSA) is 61.4 Å². The third-order valence-electron chi connectivity index (χ3n) is 3.79. The molecule has 0 aromatic heterocycles. The summed E-state index contributed by atoms with van der Waals surface area (Å²) in [6.45, 7) is 7.73. The maximum atomic E-state index is 11.7. The molecule has 1 amide bonds. The number of nitrogens with one attached hydrogen (secondary N) is 2. The molecule has 0 spiro atoms. The van der Waals surface area contributed by atoms with Gasteiger partial charge in [0.1, 0.15) is 0 Å². The van der Waals surface area contributed by atoms with Gasteiger partial charge in [-0.3, -0.25) is 4.79 Å². The Balaban J connectivity index is 2.20. The second kappa shape index (κ2) is 7.25. The Labute approximate surface area is 117 Å². The van der Waals surface area contributed by atoms with E-state index in [1.54, 1.807) is 0 Å². The van der Waals surface area contributed by atoms with E-state index in [0.29, 0.717) is 13.0 Å². The molecule has 0 radical (unpaired) electrons. The van der Waals surface area contributed by atoms with Crippen molar-refractivity contribution in [1.29, 1.82) is 0 Å². The number of aliphatic hydroxyl groups excluding tert-OH is 1. The van der Waals surface area contributed by atoms with Gasteiger partial charge < -0.3 is 15.7 Å². The predicted molar refractivity (Wildman–Crippen MR) is 78.0 cm³/mol. The van der Waals surface area contributed by atoms with Crippen LogP contribution in [-0.2, 0) is 4.79 Å². The second-order valence-corrected chi connectivity index (χ2v) is 6.94. The summed E-state index contributed by atoms with van der Waals surface area (Å²) in [6, 6.07) is 0. The average Bonchev–Trinajstić information content (AvgIpc) is 2.34. The van der Waals surface area contributed by atoms with Gasteiger partial charge in [0, 0.05) is 37.1 Å². The highest BCUT2D eigenvalue weighted by Crippen LogP contribution is 2.35. The molecule has 0 aromatic rings. The number of carbonyl (C=O) groups excluding carboxylic acids is 1. The molecular formula is C15H30N2O2. The molecule has 0 heterocycles. The summed E-state index contributed by atoms with van der Waals surface area (Å²) >= 11 is 0. The smallest absolute Gasteiger partial charge is 0.221 e. The first-order chi connectivity index (χ1) is 8.87. The van der Waals surface area contributed by atoms with Gasteiger partial charge in [-0.1, -0.05) is 19.3 Å². The van der Waals surface area contributed by atoms with Gasteiger partial charge in [-0.15, -0.1) is 0 Å². The van der Waals surface area contributed by atoms with Gasteiger partial charge in [-0.2, -0.15) is 0 Å². The molecule has 1 rings (SSSR count). The van der Waals surface area contributed by atoms with E-state index in [-0.39, 0.29) is 23.5 Å². The minimum atomic E-state index is -0.160. The number of carbonyl (C=O) groups is 1. The predicted octanol–water partition coefficient (Wildman–Crippen LogP) is 1.82. The number of amides is 1. The van der Waals surface area contributed by atoms with Crippen LogP contribution in [0.2, 0.25) is 0 Å². The van der Waals surface area contributed by atoms with Crippen molar-refractivity contribution in [1.82, 2.24) is 10.6 Å². The highest BCUT2D eigenvalue weighted by Gasteiger charge is 2.30. The SMILES string of the molecule is CC(C)(C)NC(=O)CCNCC1(CO)CCCCC1. The summed E-state index contributed by atoms with van der Waals surface area (Å²) in [7, 11) is 0. The molecule has 0 saturated heterocycles. The molecule has 19 heavy (non-hydrogen) atoms. The highest BCUT2D eigenvalue weighted by molar-refractivity contribution is 5.76. The van der Waals surface area contributed by atoms with Crippen molar-refractivity contribution in [2.24, 2.45) is 5.41 Å². The molecule has 0 aliphatic heterocycles. The molecule has 0 bridgehead atoms. The first-order valence-electron chi connectivity index (χ1n) is 7.50. The van der Waals surface area contributed by atoms with E-state index in [9.17, 15) is 9.90 Å². The van der Waals surface area contributed by atoms with E-state index in [0.717, 1.165) is 19.4 Å². The first kappa shape index (κ1) is 16.4. The number of aliphatic hydroxyl groups is 1. The molecule has 4 heteroatoms. The van der Waals surface area contributed by atoms with Gasteiger partial charge in [-0.25, -0.2) is 0 Å². The zero-order valence-corrected chi connectivity index (χ0v) is 12.7. The lowest BCUT2D eigenvalue weighted by Gasteiger charge is -2.35. The zero-order valence-electron chi connectivity index (χ0n) is 12.7. The minimum absolute atomic E-state index is 0.0543. The van der Waals surface area contributed by atoms with Gasteiger partial charge >= 0.3 is 0 Å². The maximum Gasteiger partial charge on any atom is 0.221 e. The van der Waals surface area contributed by atoms with Crippen LogP contribution < -0.4 is 10.6 Å². The van der Waals surface area contributed by atoms with E-state index >= 15 is 0 Å². The second-order valence-electron chi connectivity index (χ2n) is 6.94. The summed E-state index contributed by atoms with van der Waals surface area (Å²) < 4.78 is 0. The molecule has 1 fully saturated rings. The third kappa shape index (κ3) is 6.39. The van der Waals surface area contributed by atoms with Crippen molar-refractivity contribution in [3.8, 4) is 0 Å². The van der Waals surface area contributed by atoms with Gasteiger partial charge in [0.05, 0.1) is 0 Å². The Bertz CT molecular complexity index is 278. The highest BCUT2D eigenvalue weighted by atomic mass is 16.3. The van der Waals surface area contributed by atoms with Crippen molar-refractivity contribution in [3.63, 3.8) is 0 Å². The Hall–Kier alpha value is -0.610. The Kier molecular flexibility index (Phi) is 6.27. The van der Waals surface area contributed by atoms with Gasteiger partial charge in [-0.05, 0) is 33.6 Å². The van der Waals surface area contributed by atoms with E-state index < -0.39 is 0 Å². The molecule has 1 aliphatic carbocycles. The standard InChI is InChI=1S/C15H30N2O2/c1-14(2,3)17-13(19)7-10-16-11-15(12-18)8-5-4-6-9-15/h16,18H,4-12H2,1-3H3,(H,17,19). The van der Waals surface area contributed by atoms with Gasteiger partial charge in [0.2, 0.25) is 5.91 Å². The lowest BCUT2D eigenvalue weighted by Crippen LogP contribution is -2.43. The van der Waals surface area contributed by atoms with Crippen LogP contribution in [0.5, 0.6) is 0 Å². The normalized spacial score (nSPS) is 19.2. The van der Waals surface area contributed by atoms with Crippen molar-refractivity contribution in [3.05, 3.63) is 0 Å². The van der Waals surface area contributed by atoms with E-state index in [1.807, 2.05) is 20.8 Å². The maximum absolute atomic E-state index is 11.7.